The summed E-state index contributed by atoms with van der Waals surface area (Å²) in [5, 5.41) is 15.9. The fourth-order valence-electron chi connectivity index (χ4n) is 2.60. The Kier molecular flexibility index (Phi) is 6.04. The molecule has 1 saturated carbocycles. The molecule has 1 aromatic rings. The van der Waals surface area contributed by atoms with Crippen LogP contribution < -0.4 is 15.4 Å². The van der Waals surface area contributed by atoms with E-state index in [1.807, 2.05) is 0 Å². The molecule has 2 rings (SSSR count). The Bertz CT molecular complexity index is 684. The number of nitrogens with zero attached hydrogens (tertiary/aromatic N) is 1. The van der Waals surface area contributed by atoms with Crippen molar-refractivity contribution in [3.05, 3.63) is 33.9 Å². The van der Waals surface area contributed by atoms with E-state index in [1.165, 1.54) is 19.1 Å². The van der Waals surface area contributed by atoms with Gasteiger partial charge in [-0.1, -0.05) is 12.8 Å². The molecular formula is C16H19N3O6. The third-order valence-corrected chi connectivity index (χ3v) is 3.92. The average Bonchev–Trinajstić information content (AvgIpc) is 3.07. The number of nitrogens with one attached hydrogen (secondary N) is 2. The zero-order valence-electron chi connectivity index (χ0n) is 13.7. The summed E-state index contributed by atoms with van der Waals surface area (Å²) in [5.41, 5.74) is -0.313. The number of rotatable bonds is 6. The Morgan fingerprint density at radius 1 is 1.36 bits per heavy atom. The number of nitro benzene ring substituents is 1. The molecule has 0 heterocycles. The predicted molar refractivity (Wildman–Crippen MR) is 87.5 cm³/mol. The number of aldehydes is 1. The van der Waals surface area contributed by atoms with Crippen LogP contribution >= 0.6 is 0 Å². The Morgan fingerprint density at radius 2 is 2.04 bits per heavy atom. The van der Waals surface area contributed by atoms with Crippen LogP contribution in [0.15, 0.2) is 18.2 Å². The van der Waals surface area contributed by atoms with Crippen LogP contribution in [0.4, 0.5) is 10.5 Å². The van der Waals surface area contributed by atoms with Gasteiger partial charge in [0.2, 0.25) is 0 Å². The summed E-state index contributed by atoms with van der Waals surface area (Å²) in [6.45, 7) is 1.37. The second-order valence-electron chi connectivity index (χ2n) is 5.81. The first-order valence-corrected chi connectivity index (χ1v) is 7.92. The van der Waals surface area contributed by atoms with E-state index >= 15 is 0 Å². The van der Waals surface area contributed by atoms with Gasteiger partial charge in [0.15, 0.2) is 11.9 Å². The number of ether oxygens (including phenoxy) is 1. The van der Waals surface area contributed by atoms with Gasteiger partial charge in [-0.2, -0.15) is 0 Å². The van der Waals surface area contributed by atoms with Crippen molar-refractivity contribution in [2.24, 2.45) is 0 Å². The molecule has 1 aliphatic rings. The van der Waals surface area contributed by atoms with Gasteiger partial charge in [0, 0.05) is 17.7 Å². The number of imide groups is 1. The van der Waals surface area contributed by atoms with E-state index in [-0.39, 0.29) is 17.4 Å². The van der Waals surface area contributed by atoms with Crippen LogP contribution in [0.1, 0.15) is 43.0 Å². The maximum atomic E-state index is 12.0. The summed E-state index contributed by atoms with van der Waals surface area (Å²) in [4.78, 5) is 44.9. The van der Waals surface area contributed by atoms with Crippen LogP contribution in [0.5, 0.6) is 5.75 Å². The Hall–Kier alpha value is -2.97. The summed E-state index contributed by atoms with van der Waals surface area (Å²) in [6.07, 6.45) is 3.18. The van der Waals surface area contributed by atoms with Crippen LogP contribution in [0.2, 0.25) is 0 Å². The molecule has 2 N–H and O–H groups in total. The molecule has 9 heteroatoms. The summed E-state index contributed by atoms with van der Waals surface area (Å²) in [7, 11) is 0. The highest BCUT2D eigenvalue weighted by Gasteiger charge is 2.24. The minimum atomic E-state index is -1.13. The Labute approximate surface area is 143 Å². The molecule has 9 nitrogen and oxygen atoms in total. The molecule has 1 aliphatic carbocycles. The minimum Gasteiger partial charge on any atom is -0.474 e. The van der Waals surface area contributed by atoms with Gasteiger partial charge < -0.3 is 10.1 Å². The van der Waals surface area contributed by atoms with Gasteiger partial charge in [-0.3, -0.25) is 25.0 Å². The van der Waals surface area contributed by atoms with Crippen molar-refractivity contribution >= 4 is 23.9 Å². The number of benzene rings is 1. The molecule has 0 bridgehead atoms. The summed E-state index contributed by atoms with van der Waals surface area (Å²) >= 11 is 0. The van der Waals surface area contributed by atoms with Gasteiger partial charge in [0.05, 0.1) is 4.92 Å². The highest BCUT2D eigenvalue weighted by atomic mass is 16.6. The molecule has 0 radical (unpaired) electrons. The van der Waals surface area contributed by atoms with E-state index in [9.17, 15) is 24.5 Å². The highest BCUT2D eigenvalue weighted by molar-refractivity contribution is 5.96. The van der Waals surface area contributed by atoms with Crippen molar-refractivity contribution in [3.8, 4) is 5.75 Å². The minimum absolute atomic E-state index is 0.0565. The van der Waals surface area contributed by atoms with Crippen molar-refractivity contribution < 1.29 is 24.0 Å². The largest absolute Gasteiger partial charge is 0.474 e. The summed E-state index contributed by atoms with van der Waals surface area (Å²) < 4.78 is 5.29. The Morgan fingerprint density at radius 3 is 2.64 bits per heavy atom. The lowest BCUT2D eigenvalue weighted by Crippen LogP contribution is -2.47. The maximum absolute atomic E-state index is 12.0. The molecule has 0 spiro atoms. The lowest BCUT2D eigenvalue weighted by molar-refractivity contribution is -0.386. The van der Waals surface area contributed by atoms with E-state index in [4.69, 9.17) is 4.74 Å². The van der Waals surface area contributed by atoms with E-state index in [0.717, 1.165) is 31.7 Å². The molecule has 0 saturated heterocycles. The molecule has 3 amide bonds. The summed E-state index contributed by atoms with van der Waals surface area (Å²) in [5.74, 6) is -0.876. The number of hydrogen-bond donors (Lipinski definition) is 2. The van der Waals surface area contributed by atoms with E-state index in [0.29, 0.717) is 6.29 Å². The molecule has 134 valence electrons. The standard InChI is InChI=1S/C16H19N3O6/c1-10(15(21)18-16(22)17-12-4-2-3-5-12)25-14-7-6-11(9-20)8-13(14)19(23)24/h6-10,12H,2-5H2,1H3,(H2,17,18,21,22)/t10-/m0/s1. The molecule has 0 unspecified atom stereocenters. The number of urea groups is 1. The van der Waals surface area contributed by atoms with Crippen LogP contribution in [0.25, 0.3) is 0 Å². The maximum Gasteiger partial charge on any atom is 0.321 e. The lowest BCUT2D eigenvalue weighted by atomic mass is 10.2. The van der Waals surface area contributed by atoms with Crippen molar-refractivity contribution in [1.82, 2.24) is 10.6 Å². The van der Waals surface area contributed by atoms with Gasteiger partial charge in [-0.05, 0) is 31.9 Å². The van der Waals surface area contributed by atoms with Gasteiger partial charge in [0.1, 0.15) is 6.29 Å². The number of carbonyl (C=O) groups is 3. The molecule has 0 aliphatic heterocycles. The van der Waals surface area contributed by atoms with Crippen molar-refractivity contribution in [2.75, 3.05) is 0 Å². The quantitative estimate of drug-likeness (QED) is 0.459. The van der Waals surface area contributed by atoms with Gasteiger partial charge >= 0.3 is 11.7 Å². The predicted octanol–water partition coefficient (Wildman–Crippen LogP) is 1.94. The zero-order chi connectivity index (χ0) is 18.4. The smallest absolute Gasteiger partial charge is 0.321 e. The summed E-state index contributed by atoms with van der Waals surface area (Å²) in [6, 6.07) is 3.08. The monoisotopic (exact) mass is 349 g/mol. The number of amides is 3. The molecule has 1 fully saturated rings. The highest BCUT2D eigenvalue weighted by Crippen LogP contribution is 2.28. The fourth-order valence-corrected chi connectivity index (χ4v) is 2.60. The van der Waals surface area contributed by atoms with Gasteiger partial charge in [-0.15, -0.1) is 0 Å². The Balaban J connectivity index is 1.97. The number of hydrogen-bond acceptors (Lipinski definition) is 6. The van der Waals surface area contributed by atoms with Crippen LogP contribution in [-0.2, 0) is 4.79 Å². The third kappa shape index (κ3) is 5.00. The second-order valence-corrected chi connectivity index (χ2v) is 5.81. The normalized spacial score (nSPS) is 15.2. The number of nitro groups is 1. The second kappa shape index (κ2) is 8.22. The van der Waals surface area contributed by atoms with Crippen LogP contribution in [0.3, 0.4) is 0 Å². The molecule has 1 aromatic carbocycles. The van der Waals surface area contributed by atoms with E-state index < -0.39 is 28.7 Å². The van der Waals surface area contributed by atoms with Crippen molar-refractivity contribution in [2.45, 2.75) is 44.8 Å². The van der Waals surface area contributed by atoms with Gasteiger partial charge in [0.25, 0.3) is 5.91 Å². The van der Waals surface area contributed by atoms with E-state index in [2.05, 4.69) is 10.6 Å². The first-order valence-electron chi connectivity index (χ1n) is 7.92. The average molecular weight is 349 g/mol. The molecule has 1 atom stereocenters. The molecule has 25 heavy (non-hydrogen) atoms. The van der Waals surface area contributed by atoms with Crippen LogP contribution in [0, 0.1) is 10.1 Å². The fraction of sp³-hybridized carbons (Fsp3) is 0.438. The molecular weight excluding hydrogens is 330 g/mol. The van der Waals surface area contributed by atoms with Crippen molar-refractivity contribution in [1.29, 1.82) is 0 Å². The van der Waals surface area contributed by atoms with E-state index in [1.54, 1.807) is 0 Å². The zero-order valence-corrected chi connectivity index (χ0v) is 13.7. The first-order chi connectivity index (χ1) is 11.9. The van der Waals surface area contributed by atoms with Crippen molar-refractivity contribution in [3.63, 3.8) is 0 Å². The topological polar surface area (TPSA) is 128 Å². The van der Waals surface area contributed by atoms with Gasteiger partial charge in [-0.25, -0.2) is 4.79 Å². The first kappa shape index (κ1) is 18.4. The SMILES string of the molecule is C[C@H](Oc1ccc(C=O)cc1[N+](=O)[O-])C(=O)NC(=O)NC1CCCC1. The third-order valence-electron chi connectivity index (χ3n) is 3.92. The number of carbonyl (C=O) groups excluding carboxylic acids is 3. The molecule has 0 aromatic heterocycles. The van der Waals surface area contributed by atoms with Crippen LogP contribution in [-0.4, -0.2) is 35.3 Å². The lowest BCUT2D eigenvalue weighted by Gasteiger charge is -2.16.